The molecular formula is C15H13ClO. The van der Waals surface area contributed by atoms with Crippen molar-refractivity contribution in [1.29, 1.82) is 0 Å². The predicted octanol–water partition coefficient (Wildman–Crippen LogP) is 3.75. The van der Waals surface area contributed by atoms with Gasteiger partial charge in [0.2, 0.25) is 0 Å². The number of hydrogen-bond donors (Lipinski definition) is 0. The lowest BCUT2D eigenvalue weighted by molar-refractivity contribution is 0.0993. The maximum Gasteiger partial charge on any atom is 0.180 e. The molecule has 1 atom stereocenters. The molecule has 2 heteroatoms. The van der Waals surface area contributed by atoms with Gasteiger partial charge in [0, 0.05) is 5.56 Å². The Labute approximate surface area is 105 Å². The normalized spacial score (nSPS) is 15.2. The second-order valence-corrected chi connectivity index (χ2v) is 5.25. The fourth-order valence-electron chi connectivity index (χ4n) is 2.68. The summed E-state index contributed by atoms with van der Waals surface area (Å²) in [5.74, 6) is 0.0160. The van der Waals surface area contributed by atoms with Crippen molar-refractivity contribution >= 4 is 28.2 Å². The Balaban J connectivity index is 2.32. The first kappa shape index (κ1) is 10.8. The van der Waals surface area contributed by atoms with Gasteiger partial charge in [-0.1, -0.05) is 30.3 Å². The maximum atomic E-state index is 12.1. The minimum absolute atomic E-state index is 0.0160. The molecule has 0 spiro atoms. The molecule has 0 saturated heterocycles. The summed E-state index contributed by atoms with van der Waals surface area (Å²) in [6.45, 7) is 1.73. The van der Waals surface area contributed by atoms with Crippen LogP contribution in [0.5, 0.6) is 0 Å². The van der Waals surface area contributed by atoms with Gasteiger partial charge in [-0.2, -0.15) is 0 Å². The van der Waals surface area contributed by atoms with Crippen LogP contribution in [-0.4, -0.2) is 11.2 Å². The standard InChI is InChI=1S/C15H13ClO/c1-9(16)15(17)13-8-7-11-6-5-10-3-2-4-12(13)14(10)11/h2-4,7-9H,5-6H2,1H3. The molecule has 0 amide bonds. The van der Waals surface area contributed by atoms with Crippen LogP contribution in [0.15, 0.2) is 30.3 Å². The summed E-state index contributed by atoms with van der Waals surface area (Å²) in [5.41, 5.74) is 3.47. The molecular weight excluding hydrogens is 232 g/mol. The molecule has 0 bridgehead atoms. The summed E-state index contributed by atoms with van der Waals surface area (Å²) in [5, 5.41) is 1.87. The second-order valence-electron chi connectivity index (χ2n) is 4.59. The van der Waals surface area contributed by atoms with Crippen LogP contribution in [-0.2, 0) is 12.8 Å². The maximum absolute atomic E-state index is 12.1. The quantitative estimate of drug-likeness (QED) is 0.581. The highest BCUT2D eigenvalue weighted by Gasteiger charge is 2.20. The van der Waals surface area contributed by atoms with E-state index in [9.17, 15) is 4.79 Å². The lowest BCUT2D eigenvalue weighted by Gasteiger charge is -2.09. The summed E-state index contributed by atoms with van der Waals surface area (Å²) >= 11 is 5.91. The van der Waals surface area contributed by atoms with Crippen LogP contribution in [0.1, 0.15) is 28.4 Å². The number of ketones is 1. The molecule has 0 heterocycles. The summed E-state index contributed by atoms with van der Waals surface area (Å²) in [7, 11) is 0. The summed E-state index contributed by atoms with van der Waals surface area (Å²) in [6, 6.07) is 10.2. The minimum atomic E-state index is -0.464. The molecule has 0 aromatic heterocycles. The SMILES string of the molecule is CC(Cl)C(=O)c1ccc2c3c(cccc13)CC2. The van der Waals surface area contributed by atoms with Crippen molar-refractivity contribution in [2.24, 2.45) is 0 Å². The molecule has 1 unspecified atom stereocenters. The summed E-state index contributed by atoms with van der Waals surface area (Å²) < 4.78 is 0. The van der Waals surface area contributed by atoms with Gasteiger partial charge in [0.1, 0.15) is 0 Å². The lowest BCUT2D eigenvalue weighted by Crippen LogP contribution is -2.11. The van der Waals surface area contributed by atoms with Crippen LogP contribution in [0.2, 0.25) is 0 Å². The number of carbonyl (C=O) groups is 1. The molecule has 17 heavy (non-hydrogen) atoms. The molecule has 1 nitrogen and oxygen atoms in total. The van der Waals surface area contributed by atoms with Crippen molar-refractivity contribution in [2.45, 2.75) is 25.1 Å². The van der Waals surface area contributed by atoms with E-state index in [4.69, 9.17) is 11.6 Å². The Morgan fingerprint density at radius 2 is 1.88 bits per heavy atom. The number of aryl methyl sites for hydroxylation is 2. The fourth-order valence-corrected chi connectivity index (χ4v) is 2.79. The molecule has 1 aliphatic carbocycles. The van der Waals surface area contributed by atoms with Crippen molar-refractivity contribution in [3.8, 4) is 0 Å². The third kappa shape index (κ3) is 1.57. The van der Waals surface area contributed by atoms with E-state index in [1.807, 2.05) is 18.2 Å². The van der Waals surface area contributed by atoms with Gasteiger partial charge in [-0.25, -0.2) is 0 Å². The van der Waals surface area contributed by atoms with E-state index < -0.39 is 5.38 Å². The Hall–Kier alpha value is -1.34. The molecule has 0 N–H and O–H groups in total. The average Bonchev–Trinajstić information content (AvgIpc) is 2.74. The van der Waals surface area contributed by atoms with Crippen molar-refractivity contribution in [3.63, 3.8) is 0 Å². The van der Waals surface area contributed by atoms with Crippen LogP contribution in [0.25, 0.3) is 10.8 Å². The number of carbonyl (C=O) groups excluding carboxylic acids is 1. The zero-order valence-corrected chi connectivity index (χ0v) is 10.4. The lowest BCUT2D eigenvalue weighted by atomic mass is 9.97. The van der Waals surface area contributed by atoms with Crippen LogP contribution < -0.4 is 0 Å². The third-order valence-corrected chi connectivity index (χ3v) is 3.70. The first-order valence-corrected chi connectivity index (χ1v) is 6.34. The number of benzene rings is 2. The van der Waals surface area contributed by atoms with Gasteiger partial charge in [-0.3, -0.25) is 4.79 Å². The molecule has 86 valence electrons. The molecule has 0 fully saturated rings. The van der Waals surface area contributed by atoms with E-state index in [-0.39, 0.29) is 5.78 Å². The topological polar surface area (TPSA) is 17.1 Å². The highest BCUT2D eigenvalue weighted by atomic mass is 35.5. The van der Waals surface area contributed by atoms with Crippen LogP contribution >= 0.6 is 11.6 Å². The number of Topliss-reactive ketones (excluding diaryl/α,β-unsaturated/α-hetero) is 1. The van der Waals surface area contributed by atoms with E-state index in [0.717, 1.165) is 23.8 Å². The number of alkyl halides is 1. The highest BCUT2D eigenvalue weighted by molar-refractivity contribution is 6.35. The van der Waals surface area contributed by atoms with Crippen molar-refractivity contribution in [3.05, 3.63) is 47.0 Å². The third-order valence-electron chi connectivity index (χ3n) is 3.50. The molecule has 0 aliphatic heterocycles. The van der Waals surface area contributed by atoms with E-state index in [1.54, 1.807) is 6.92 Å². The molecule has 2 aromatic rings. The fraction of sp³-hybridized carbons (Fsp3) is 0.267. The van der Waals surface area contributed by atoms with Crippen molar-refractivity contribution in [2.75, 3.05) is 0 Å². The second kappa shape index (κ2) is 3.85. The summed E-state index contributed by atoms with van der Waals surface area (Å²) in [6.07, 6.45) is 2.17. The molecule has 2 aromatic carbocycles. The Kier molecular flexibility index (Phi) is 2.44. The van der Waals surface area contributed by atoms with E-state index in [2.05, 4.69) is 12.1 Å². The Morgan fingerprint density at radius 1 is 1.18 bits per heavy atom. The van der Waals surface area contributed by atoms with Crippen LogP contribution in [0, 0.1) is 0 Å². The van der Waals surface area contributed by atoms with Crippen molar-refractivity contribution in [1.82, 2.24) is 0 Å². The smallest absolute Gasteiger partial charge is 0.180 e. The molecule has 3 rings (SSSR count). The predicted molar refractivity (Wildman–Crippen MR) is 71.0 cm³/mol. The minimum Gasteiger partial charge on any atom is -0.292 e. The van der Waals surface area contributed by atoms with E-state index >= 15 is 0 Å². The van der Waals surface area contributed by atoms with E-state index in [1.165, 1.54) is 16.5 Å². The Bertz CT molecular complexity index is 603. The van der Waals surface area contributed by atoms with Gasteiger partial charge in [0.25, 0.3) is 0 Å². The van der Waals surface area contributed by atoms with Crippen molar-refractivity contribution < 1.29 is 4.79 Å². The zero-order valence-electron chi connectivity index (χ0n) is 9.66. The average molecular weight is 245 g/mol. The van der Waals surface area contributed by atoms with Gasteiger partial charge in [0.05, 0.1) is 5.38 Å². The van der Waals surface area contributed by atoms with Gasteiger partial charge >= 0.3 is 0 Å². The zero-order chi connectivity index (χ0) is 12.0. The van der Waals surface area contributed by atoms with Crippen LogP contribution in [0.4, 0.5) is 0 Å². The molecule has 1 aliphatic rings. The number of halogens is 1. The Morgan fingerprint density at radius 3 is 2.59 bits per heavy atom. The summed E-state index contributed by atoms with van der Waals surface area (Å²) in [4.78, 5) is 12.1. The van der Waals surface area contributed by atoms with E-state index in [0.29, 0.717) is 0 Å². The first-order valence-electron chi connectivity index (χ1n) is 5.90. The van der Waals surface area contributed by atoms with Gasteiger partial charge in [0.15, 0.2) is 5.78 Å². The highest BCUT2D eigenvalue weighted by Crippen LogP contribution is 2.33. The monoisotopic (exact) mass is 244 g/mol. The van der Waals surface area contributed by atoms with Crippen LogP contribution in [0.3, 0.4) is 0 Å². The van der Waals surface area contributed by atoms with Gasteiger partial charge in [-0.05, 0) is 41.7 Å². The first-order chi connectivity index (χ1) is 8.18. The van der Waals surface area contributed by atoms with Gasteiger partial charge in [-0.15, -0.1) is 11.6 Å². The largest absolute Gasteiger partial charge is 0.292 e. The van der Waals surface area contributed by atoms with Gasteiger partial charge < -0.3 is 0 Å². The molecule has 0 radical (unpaired) electrons. The molecule has 0 saturated carbocycles. The number of rotatable bonds is 2. The number of hydrogen-bond acceptors (Lipinski definition) is 1.